The Morgan fingerprint density at radius 2 is 2.12 bits per heavy atom. The molecule has 1 amide bonds. The fourth-order valence-corrected chi connectivity index (χ4v) is 3.59. The number of nitrogens with one attached hydrogen (secondary N) is 1. The lowest BCUT2D eigenvalue weighted by molar-refractivity contribution is 0.0901. The van der Waals surface area contributed by atoms with Crippen molar-refractivity contribution in [2.45, 2.75) is 52.0 Å². The van der Waals surface area contributed by atoms with E-state index in [4.69, 9.17) is 0 Å². The average Bonchev–Trinajstić information content (AvgIpc) is 3.01. The highest BCUT2D eigenvalue weighted by atomic mass is 79.9. The number of hydrogen-bond donors (Lipinski definition) is 1. The van der Waals surface area contributed by atoms with Gasteiger partial charge in [0.05, 0.1) is 11.8 Å². The maximum atomic E-state index is 13.0. The van der Waals surface area contributed by atoms with Crippen LogP contribution in [0.25, 0.3) is 5.69 Å². The molecule has 0 fully saturated rings. The van der Waals surface area contributed by atoms with Gasteiger partial charge in [-0.25, -0.2) is 4.68 Å². The third kappa shape index (κ3) is 3.41. The molecule has 1 atom stereocenters. The van der Waals surface area contributed by atoms with Gasteiger partial charge in [0.1, 0.15) is 5.54 Å². The molecular weight excluding hydrogens is 392 g/mol. The van der Waals surface area contributed by atoms with Gasteiger partial charge >= 0.3 is 0 Å². The van der Waals surface area contributed by atoms with Gasteiger partial charge in [-0.1, -0.05) is 35.8 Å². The summed E-state index contributed by atoms with van der Waals surface area (Å²) in [6, 6.07) is 10.1. The summed E-state index contributed by atoms with van der Waals surface area (Å²) < 4.78 is 2.85. The van der Waals surface area contributed by atoms with Crippen molar-refractivity contribution in [3.05, 3.63) is 45.7 Å². The fraction of sp³-hybridized carbons (Fsp3) is 0.450. The monoisotopic (exact) mass is 414 g/mol. The molecule has 3 rings (SSSR count). The van der Waals surface area contributed by atoms with Gasteiger partial charge in [0.25, 0.3) is 5.91 Å². The van der Waals surface area contributed by atoms with Crippen molar-refractivity contribution in [1.29, 1.82) is 5.26 Å². The Hall–Kier alpha value is -2.13. The second-order valence-electron chi connectivity index (χ2n) is 7.30. The van der Waals surface area contributed by atoms with Crippen LogP contribution >= 0.6 is 15.9 Å². The first-order valence-corrected chi connectivity index (χ1v) is 9.75. The van der Waals surface area contributed by atoms with Crippen LogP contribution in [0.4, 0.5) is 0 Å². The third-order valence-corrected chi connectivity index (χ3v) is 5.70. The number of hydrogen-bond acceptors (Lipinski definition) is 3. The number of halogens is 1. The number of carbonyl (C=O) groups is 1. The quantitative estimate of drug-likeness (QED) is 0.815. The second kappa shape index (κ2) is 7.24. The Labute approximate surface area is 162 Å². The Bertz CT molecular complexity index is 880. The SMILES string of the molecule is CC(C)C(C)(C#N)NC(=O)c1nn(-c2cccc(Br)c2)c2c1CCCC2. The number of fused-ring (bicyclic) bond motifs is 1. The molecule has 0 spiro atoms. The molecule has 1 aliphatic carbocycles. The van der Waals surface area contributed by atoms with E-state index in [0.717, 1.165) is 47.1 Å². The van der Waals surface area contributed by atoms with Crippen molar-refractivity contribution in [3.8, 4) is 11.8 Å². The summed E-state index contributed by atoms with van der Waals surface area (Å²) in [5.41, 5.74) is 2.57. The number of carbonyl (C=O) groups excluding carboxylic acids is 1. The van der Waals surface area contributed by atoms with E-state index in [1.807, 2.05) is 42.8 Å². The van der Waals surface area contributed by atoms with Crippen LogP contribution in [0.1, 0.15) is 55.4 Å². The molecular formula is C20H23BrN4O. The van der Waals surface area contributed by atoms with Crippen molar-refractivity contribution >= 4 is 21.8 Å². The number of benzene rings is 1. The number of nitrogens with zero attached hydrogens (tertiary/aromatic N) is 3. The highest BCUT2D eigenvalue weighted by Crippen LogP contribution is 2.28. The van der Waals surface area contributed by atoms with Crippen LogP contribution in [0.15, 0.2) is 28.7 Å². The summed E-state index contributed by atoms with van der Waals surface area (Å²) in [7, 11) is 0. The molecule has 1 N–H and O–H groups in total. The van der Waals surface area contributed by atoms with Crippen molar-refractivity contribution < 1.29 is 4.79 Å². The highest BCUT2D eigenvalue weighted by molar-refractivity contribution is 9.10. The molecule has 136 valence electrons. The van der Waals surface area contributed by atoms with Crippen molar-refractivity contribution in [3.63, 3.8) is 0 Å². The molecule has 0 bridgehead atoms. The van der Waals surface area contributed by atoms with E-state index < -0.39 is 5.54 Å². The van der Waals surface area contributed by atoms with E-state index in [1.54, 1.807) is 6.92 Å². The van der Waals surface area contributed by atoms with E-state index in [9.17, 15) is 10.1 Å². The lowest BCUT2D eigenvalue weighted by Gasteiger charge is -2.27. The Kier molecular flexibility index (Phi) is 5.19. The van der Waals surface area contributed by atoms with Crippen LogP contribution in [0.2, 0.25) is 0 Å². The largest absolute Gasteiger partial charge is 0.332 e. The average molecular weight is 415 g/mol. The normalized spacial score (nSPS) is 15.8. The first kappa shape index (κ1) is 18.7. The Morgan fingerprint density at radius 1 is 1.38 bits per heavy atom. The standard InChI is InChI=1S/C20H23BrN4O/c1-13(2)20(3,12-22)23-19(26)18-16-9-4-5-10-17(16)25(24-18)15-8-6-7-14(21)11-15/h6-8,11,13H,4-5,9-10H2,1-3H3,(H,23,26). The zero-order valence-electron chi connectivity index (χ0n) is 15.3. The molecule has 0 saturated heterocycles. The third-order valence-electron chi connectivity index (χ3n) is 5.21. The number of aromatic nitrogens is 2. The molecule has 6 heteroatoms. The van der Waals surface area contributed by atoms with E-state index in [-0.39, 0.29) is 11.8 Å². The summed E-state index contributed by atoms with van der Waals surface area (Å²) in [6.45, 7) is 5.62. The molecule has 1 aliphatic rings. The first-order valence-electron chi connectivity index (χ1n) is 8.96. The number of nitriles is 1. The summed E-state index contributed by atoms with van der Waals surface area (Å²) in [6.07, 6.45) is 3.89. The summed E-state index contributed by atoms with van der Waals surface area (Å²) in [5.74, 6) is -0.269. The van der Waals surface area contributed by atoms with E-state index in [1.165, 1.54) is 0 Å². The minimum Gasteiger partial charge on any atom is -0.332 e. The van der Waals surface area contributed by atoms with Gasteiger partial charge in [-0.2, -0.15) is 10.4 Å². The predicted molar refractivity (Wildman–Crippen MR) is 104 cm³/mol. The number of rotatable bonds is 4. The van der Waals surface area contributed by atoms with E-state index >= 15 is 0 Å². The van der Waals surface area contributed by atoms with Crippen LogP contribution in [0, 0.1) is 17.2 Å². The molecule has 5 nitrogen and oxygen atoms in total. The minimum atomic E-state index is -0.918. The van der Waals surface area contributed by atoms with Gasteiger partial charge in [-0.15, -0.1) is 0 Å². The van der Waals surface area contributed by atoms with Crippen LogP contribution in [0.3, 0.4) is 0 Å². The molecule has 0 radical (unpaired) electrons. The van der Waals surface area contributed by atoms with Crippen molar-refractivity contribution in [2.75, 3.05) is 0 Å². The van der Waals surface area contributed by atoms with E-state index in [0.29, 0.717) is 5.69 Å². The summed E-state index contributed by atoms with van der Waals surface area (Å²) >= 11 is 3.50. The molecule has 1 heterocycles. The van der Waals surface area contributed by atoms with Crippen LogP contribution < -0.4 is 5.32 Å². The maximum absolute atomic E-state index is 13.0. The van der Waals surface area contributed by atoms with Crippen LogP contribution in [-0.2, 0) is 12.8 Å². The molecule has 0 saturated carbocycles. The molecule has 26 heavy (non-hydrogen) atoms. The summed E-state index contributed by atoms with van der Waals surface area (Å²) in [5, 5.41) is 17.1. The van der Waals surface area contributed by atoms with Gasteiger partial charge in [0.2, 0.25) is 0 Å². The van der Waals surface area contributed by atoms with Crippen molar-refractivity contribution in [1.82, 2.24) is 15.1 Å². The Morgan fingerprint density at radius 3 is 2.77 bits per heavy atom. The van der Waals surface area contributed by atoms with Gasteiger partial charge in [0, 0.05) is 15.7 Å². The van der Waals surface area contributed by atoms with Gasteiger partial charge in [0.15, 0.2) is 5.69 Å². The van der Waals surface area contributed by atoms with E-state index in [2.05, 4.69) is 32.4 Å². The second-order valence-corrected chi connectivity index (χ2v) is 8.21. The topological polar surface area (TPSA) is 70.7 Å². The minimum absolute atomic E-state index is 0.000518. The van der Waals surface area contributed by atoms with Crippen LogP contribution in [0.5, 0.6) is 0 Å². The lowest BCUT2D eigenvalue weighted by atomic mass is 9.89. The molecule has 1 aromatic heterocycles. The molecule has 1 unspecified atom stereocenters. The predicted octanol–water partition coefficient (Wildman–Crippen LogP) is 4.18. The Balaban J connectivity index is 2.03. The first-order chi connectivity index (χ1) is 12.4. The van der Waals surface area contributed by atoms with Gasteiger partial charge < -0.3 is 5.32 Å². The molecule has 2 aromatic rings. The maximum Gasteiger partial charge on any atom is 0.273 e. The lowest BCUT2D eigenvalue weighted by Crippen LogP contribution is -2.49. The van der Waals surface area contributed by atoms with Crippen LogP contribution in [-0.4, -0.2) is 21.2 Å². The smallest absolute Gasteiger partial charge is 0.273 e. The van der Waals surface area contributed by atoms with Gasteiger partial charge in [-0.05, 0) is 56.7 Å². The molecule has 1 aromatic carbocycles. The van der Waals surface area contributed by atoms with Crippen molar-refractivity contribution in [2.24, 2.45) is 5.92 Å². The molecule has 0 aliphatic heterocycles. The number of amides is 1. The fourth-order valence-electron chi connectivity index (χ4n) is 3.20. The highest BCUT2D eigenvalue weighted by Gasteiger charge is 2.33. The zero-order valence-corrected chi connectivity index (χ0v) is 16.9. The zero-order chi connectivity index (χ0) is 18.9. The van der Waals surface area contributed by atoms with Gasteiger partial charge in [-0.3, -0.25) is 4.79 Å². The summed E-state index contributed by atoms with van der Waals surface area (Å²) in [4.78, 5) is 13.0.